The van der Waals surface area contributed by atoms with Gasteiger partial charge in [0.1, 0.15) is 5.54 Å². The van der Waals surface area contributed by atoms with Gasteiger partial charge in [0.25, 0.3) is 5.69 Å². The van der Waals surface area contributed by atoms with Crippen molar-refractivity contribution in [1.82, 2.24) is 5.32 Å². The molecule has 92 valence electrons. The van der Waals surface area contributed by atoms with Crippen molar-refractivity contribution in [2.45, 2.75) is 25.9 Å². The number of carbonyl (C=O) groups is 1. The van der Waals surface area contributed by atoms with E-state index in [1.165, 1.54) is 12.1 Å². The molecule has 0 aliphatic heterocycles. The monoisotopic (exact) mass is 238 g/mol. The maximum Gasteiger partial charge on any atom is 0.323 e. The Bertz CT molecular complexity index is 426. The van der Waals surface area contributed by atoms with Gasteiger partial charge in [-0.05, 0) is 19.4 Å². The molecule has 17 heavy (non-hydrogen) atoms. The van der Waals surface area contributed by atoms with Gasteiger partial charge in [0.2, 0.25) is 0 Å². The number of carboxylic acids is 1. The summed E-state index contributed by atoms with van der Waals surface area (Å²) in [7, 11) is 0. The lowest BCUT2D eigenvalue weighted by molar-refractivity contribution is -0.384. The Morgan fingerprint density at radius 3 is 2.35 bits per heavy atom. The van der Waals surface area contributed by atoms with E-state index in [4.69, 9.17) is 5.11 Å². The minimum absolute atomic E-state index is 0.0197. The molecule has 0 spiro atoms. The van der Waals surface area contributed by atoms with Crippen molar-refractivity contribution >= 4 is 11.7 Å². The van der Waals surface area contributed by atoms with Crippen molar-refractivity contribution in [3.63, 3.8) is 0 Å². The van der Waals surface area contributed by atoms with Gasteiger partial charge in [0.15, 0.2) is 0 Å². The molecule has 6 heteroatoms. The summed E-state index contributed by atoms with van der Waals surface area (Å²) in [5.74, 6) is -0.945. The fourth-order valence-electron chi connectivity index (χ4n) is 1.13. The van der Waals surface area contributed by atoms with Gasteiger partial charge in [-0.3, -0.25) is 20.2 Å². The highest BCUT2D eigenvalue weighted by molar-refractivity contribution is 5.77. The SMILES string of the molecule is CC(C)(NCc1ccc([N+](=O)[O-])cc1)C(=O)O. The average molecular weight is 238 g/mol. The maximum absolute atomic E-state index is 10.8. The lowest BCUT2D eigenvalue weighted by Gasteiger charge is -2.20. The summed E-state index contributed by atoms with van der Waals surface area (Å²) in [5.41, 5.74) is -0.210. The molecule has 0 saturated heterocycles. The Morgan fingerprint density at radius 2 is 1.94 bits per heavy atom. The smallest absolute Gasteiger partial charge is 0.323 e. The number of hydrogen-bond acceptors (Lipinski definition) is 4. The molecular formula is C11H14N2O4. The minimum atomic E-state index is -1.03. The first-order valence-electron chi connectivity index (χ1n) is 5.04. The zero-order valence-corrected chi connectivity index (χ0v) is 9.64. The fourth-order valence-corrected chi connectivity index (χ4v) is 1.13. The summed E-state index contributed by atoms with van der Waals surface area (Å²) < 4.78 is 0. The zero-order valence-electron chi connectivity index (χ0n) is 9.64. The highest BCUT2D eigenvalue weighted by atomic mass is 16.6. The van der Waals surface area contributed by atoms with Gasteiger partial charge in [-0.15, -0.1) is 0 Å². The molecular weight excluding hydrogens is 224 g/mol. The number of nitrogens with zero attached hydrogens (tertiary/aromatic N) is 1. The van der Waals surface area contributed by atoms with Gasteiger partial charge in [-0.2, -0.15) is 0 Å². The first-order valence-corrected chi connectivity index (χ1v) is 5.04. The largest absolute Gasteiger partial charge is 0.480 e. The van der Waals surface area contributed by atoms with Crippen LogP contribution in [-0.4, -0.2) is 21.5 Å². The molecule has 1 aromatic carbocycles. The summed E-state index contributed by atoms with van der Waals surface area (Å²) >= 11 is 0. The second-order valence-corrected chi connectivity index (χ2v) is 4.21. The number of benzene rings is 1. The average Bonchev–Trinajstić information content (AvgIpc) is 2.27. The van der Waals surface area contributed by atoms with Gasteiger partial charge >= 0.3 is 5.97 Å². The molecule has 0 aliphatic rings. The van der Waals surface area contributed by atoms with Crippen LogP contribution < -0.4 is 5.32 Å². The molecule has 0 fully saturated rings. The number of non-ortho nitro benzene ring substituents is 1. The van der Waals surface area contributed by atoms with Crippen molar-refractivity contribution in [3.05, 3.63) is 39.9 Å². The highest BCUT2D eigenvalue weighted by Crippen LogP contribution is 2.12. The van der Waals surface area contributed by atoms with E-state index in [0.29, 0.717) is 6.54 Å². The van der Waals surface area contributed by atoms with Crippen molar-refractivity contribution in [2.24, 2.45) is 0 Å². The van der Waals surface area contributed by atoms with Crippen LogP contribution in [0.5, 0.6) is 0 Å². The van der Waals surface area contributed by atoms with E-state index in [1.54, 1.807) is 26.0 Å². The number of nitrogens with one attached hydrogen (secondary N) is 1. The van der Waals surface area contributed by atoms with Crippen LogP contribution in [0, 0.1) is 10.1 Å². The molecule has 0 heterocycles. The Morgan fingerprint density at radius 1 is 1.41 bits per heavy atom. The molecule has 2 N–H and O–H groups in total. The third kappa shape index (κ3) is 3.53. The van der Waals surface area contributed by atoms with E-state index >= 15 is 0 Å². The van der Waals surface area contributed by atoms with Gasteiger partial charge in [0, 0.05) is 18.7 Å². The number of nitro groups is 1. The predicted octanol–water partition coefficient (Wildman–Crippen LogP) is 1.55. The number of carboxylic acid groups (broad SMARTS) is 1. The maximum atomic E-state index is 10.8. The third-order valence-electron chi connectivity index (χ3n) is 2.42. The first-order chi connectivity index (χ1) is 7.83. The normalized spacial score (nSPS) is 11.2. The topological polar surface area (TPSA) is 92.5 Å². The number of aliphatic carboxylic acids is 1. The standard InChI is InChI=1S/C11H14N2O4/c1-11(2,10(14)15)12-7-8-3-5-9(6-4-8)13(16)17/h3-6,12H,7H2,1-2H3,(H,14,15). The Balaban J connectivity index is 2.65. The number of hydrogen-bond donors (Lipinski definition) is 2. The van der Waals surface area contributed by atoms with Crippen molar-refractivity contribution in [1.29, 1.82) is 0 Å². The van der Waals surface area contributed by atoms with Crippen LogP contribution in [0.15, 0.2) is 24.3 Å². The molecule has 1 rings (SSSR count). The molecule has 0 amide bonds. The fraction of sp³-hybridized carbons (Fsp3) is 0.364. The molecule has 0 saturated carbocycles. The molecule has 0 aromatic heterocycles. The van der Waals surface area contributed by atoms with Gasteiger partial charge in [-0.25, -0.2) is 0 Å². The summed E-state index contributed by atoms with van der Waals surface area (Å²) in [6, 6.07) is 5.99. The van der Waals surface area contributed by atoms with Gasteiger partial charge < -0.3 is 5.11 Å². The van der Waals surface area contributed by atoms with E-state index in [-0.39, 0.29) is 5.69 Å². The lowest BCUT2D eigenvalue weighted by atomic mass is 10.1. The van der Waals surface area contributed by atoms with E-state index in [0.717, 1.165) is 5.56 Å². The Hall–Kier alpha value is -1.95. The van der Waals surface area contributed by atoms with E-state index in [2.05, 4.69) is 5.32 Å². The van der Waals surface area contributed by atoms with Crippen LogP contribution in [0.4, 0.5) is 5.69 Å². The molecule has 1 aromatic rings. The molecule has 0 bridgehead atoms. The molecule has 0 unspecified atom stereocenters. The van der Waals surface area contributed by atoms with Crippen LogP contribution in [0.25, 0.3) is 0 Å². The quantitative estimate of drug-likeness (QED) is 0.599. The molecule has 0 aliphatic carbocycles. The van der Waals surface area contributed by atoms with Crippen molar-refractivity contribution in [2.75, 3.05) is 0 Å². The number of nitro benzene ring substituents is 1. The predicted molar refractivity (Wildman–Crippen MR) is 61.7 cm³/mol. The number of rotatable bonds is 5. The van der Waals surface area contributed by atoms with Crippen LogP contribution in [0.1, 0.15) is 19.4 Å². The molecule has 6 nitrogen and oxygen atoms in total. The highest BCUT2D eigenvalue weighted by Gasteiger charge is 2.25. The van der Waals surface area contributed by atoms with Crippen molar-refractivity contribution < 1.29 is 14.8 Å². The molecule has 0 radical (unpaired) electrons. The summed E-state index contributed by atoms with van der Waals surface area (Å²) in [5, 5.41) is 22.2. The van der Waals surface area contributed by atoms with Crippen molar-refractivity contribution in [3.8, 4) is 0 Å². The second-order valence-electron chi connectivity index (χ2n) is 4.21. The van der Waals surface area contributed by atoms with E-state index in [9.17, 15) is 14.9 Å². The second kappa shape index (κ2) is 4.92. The minimum Gasteiger partial charge on any atom is -0.480 e. The summed E-state index contributed by atoms with van der Waals surface area (Å²) in [6.45, 7) is 3.46. The van der Waals surface area contributed by atoms with E-state index in [1.807, 2.05) is 0 Å². The Kier molecular flexibility index (Phi) is 3.80. The summed E-state index contributed by atoms with van der Waals surface area (Å²) in [6.07, 6.45) is 0. The van der Waals surface area contributed by atoms with Crippen LogP contribution in [0.3, 0.4) is 0 Å². The zero-order chi connectivity index (χ0) is 13.1. The van der Waals surface area contributed by atoms with Gasteiger partial charge in [-0.1, -0.05) is 12.1 Å². The van der Waals surface area contributed by atoms with E-state index < -0.39 is 16.4 Å². The van der Waals surface area contributed by atoms with Crippen LogP contribution in [0.2, 0.25) is 0 Å². The summed E-state index contributed by atoms with van der Waals surface area (Å²) in [4.78, 5) is 20.8. The Labute approximate surface area is 98.4 Å². The van der Waals surface area contributed by atoms with Gasteiger partial charge in [0.05, 0.1) is 4.92 Å². The van der Waals surface area contributed by atoms with Crippen LogP contribution in [-0.2, 0) is 11.3 Å². The molecule has 0 atom stereocenters. The lowest BCUT2D eigenvalue weighted by Crippen LogP contribution is -2.46. The first kappa shape index (κ1) is 13.1. The van der Waals surface area contributed by atoms with Crippen LogP contribution >= 0.6 is 0 Å². The third-order valence-corrected chi connectivity index (χ3v) is 2.42.